The number of aryl methyl sites for hydroxylation is 1. The molecule has 0 amide bonds. The van der Waals surface area contributed by atoms with Crippen molar-refractivity contribution in [1.82, 2.24) is 15.1 Å². The second kappa shape index (κ2) is 4.00. The van der Waals surface area contributed by atoms with Crippen molar-refractivity contribution in [3.63, 3.8) is 0 Å². The fourth-order valence-electron chi connectivity index (χ4n) is 1.31. The molecule has 1 heterocycles. The van der Waals surface area contributed by atoms with Gasteiger partial charge in [0, 0.05) is 13.2 Å². The van der Waals surface area contributed by atoms with Crippen molar-refractivity contribution in [2.24, 2.45) is 7.05 Å². The van der Waals surface area contributed by atoms with Gasteiger partial charge in [-0.15, -0.1) is 0 Å². The lowest BCUT2D eigenvalue weighted by molar-refractivity contribution is -0.140. The summed E-state index contributed by atoms with van der Waals surface area (Å²) in [6, 6.07) is 0.842. The van der Waals surface area contributed by atoms with Crippen LogP contribution in [-0.2, 0) is 7.05 Å². The Kier molecular flexibility index (Phi) is 3.15. The molecular weight excluding hydrogens is 195 g/mol. The summed E-state index contributed by atoms with van der Waals surface area (Å²) in [6.45, 7) is 0. The summed E-state index contributed by atoms with van der Waals surface area (Å²) in [5.74, 6) is 0. The molecule has 1 rings (SSSR count). The Labute approximate surface area is 79.9 Å². The third-order valence-electron chi connectivity index (χ3n) is 2.00. The Bertz CT molecular complexity index is 292. The van der Waals surface area contributed by atoms with E-state index in [2.05, 4.69) is 10.4 Å². The SMILES string of the molecule is CNC(CC(F)(F)F)c1ccnn1C. The van der Waals surface area contributed by atoms with Crippen LogP contribution in [0.15, 0.2) is 12.3 Å². The van der Waals surface area contributed by atoms with E-state index < -0.39 is 18.6 Å². The van der Waals surface area contributed by atoms with Gasteiger partial charge in [0.05, 0.1) is 18.2 Å². The molecule has 1 aromatic rings. The third kappa shape index (κ3) is 2.73. The summed E-state index contributed by atoms with van der Waals surface area (Å²) in [4.78, 5) is 0. The van der Waals surface area contributed by atoms with E-state index in [1.54, 1.807) is 13.1 Å². The largest absolute Gasteiger partial charge is 0.390 e. The van der Waals surface area contributed by atoms with Crippen molar-refractivity contribution < 1.29 is 13.2 Å². The maximum Gasteiger partial charge on any atom is 0.390 e. The van der Waals surface area contributed by atoms with E-state index in [4.69, 9.17) is 0 Å². The molecule has 0 bridgehead atoms. The Balaban J connectivity index is 2.78. The second-order valence-electron chi connectivity index (χ2n) is 3.04. The number of rotatable bonds is 3. The molecule has 0 aliphatic heterocycles. The fraction of sp³-hybridized carbons (Fsp3) is 0.625. The first-order valence-corrected chi connectivity index (χ1v) is 4.16. The van der Waals surface area contributed by atoms with Gasteiger partial charge in [-0.2, -0.15) is 18.3 Å². The number of alkyl halides is 3. The predicted octanol–water partition coefficient (Wildman–Crippen LogP) is 1.63. The first kappa shape index (κ1) is 11.0. The molecule has 3 nitrogen and oxygen atoms in total. The van der Waals surface area contributed by atoms with Crippen LogP contribution < -0.4 is 5.32 Å². The normalized spacial score (nSPS) is 14.4. The van der Waals surface area contributed by atoms with Crippen LogP contribution >= 0.6 is 0 Å². The fourth-order valence-corrected chi connectivity index (χ4v) is 1.31. The number of nitrogens with one attached hydrogen (secondary N) is 1. The van der Waals surface area contributed by atoms with Crippen LogP contribution in [0, 0.1) is 0 Å². The minimum absolute atomic E-state index is 0.532. The van der Waals surface area contributed by atoms with E-state index in [9.17, 15) is 13.2 Å². The van der Waals surface area contributed by atoms with E-state index in [-0.39, 0.29) is 0 Å². The van der Waals surface area contributed by atoms with Gasteiger partial charge < -0.3 is 5.32 Å². The van der Waals surface area contributed by atoms with E-state index in [0.29, 0.717) is 5.69 Å². The van der Waals surface area contributed by atoms with Gasteiger partial charge in [0.2, 0.25) is 0 Å². The van der Waals surface area contributed by atoms with Crippen molar-refractivity contribution in [3.05, 3.63) is 18.0 Å². The van der Waals surface area contributed by atoms with Crippen molar-refractivity contribution in [1.29, 1.82) is 0 Å². The molecule has 0 aliphatic rings. The highest BCUT2D eigenvalue weighted by Gasteiger charge is 2.32. The lowest BCUT2D eigenvalue weighted by Gasteiger charge is -2.17. The van der Waals surface area contributed by atoms with Crippen LogP contribution in [0.25, 0.3) is 0 Å². The summed E-state index contributed by atoms with van der Waals surface area (Å²) >= 11 is 0. The van der Waals surface area contributed by atoms with Crippen LogP contribution in [0.3, 0.4) is 0 Å². The monoisotopic (exact) mass is 207 g/mol. The molecule has 1 aromatic heterocycles. The summed E-state index contributed by atoms with van der Waals surface area (Å²) in [5.41, 5.74) is 0.532. The van der Waals surface area contributed by atoms with Crippen LogP contribution in [0.1, 0.15) is 18.2 Å². The molecule has 80 valence electrons. The number of hydrogen-bond acceptors (Lipinski definition) is 2. The first-order chi connectivity index (χ1) is 6.44. The Morgan fingerprint density at radius 1 is 1.57 bits per heavy atom. The molecule has 0 aliphatic carbocycles. The first-order valence-electron chi connectivity index (χ1n) is 4.16. The lowest BCUT2D eigenvalue weighted by Crippen LogP contribution is -2.25. The Morgan fingerprint density at radius 3 is 2.57 bits per heavy atom. The molecule has 0 spiro atoms. The molecule has 0 saturated heterocycles. The van der Waals surface area contributed by atoms with Crippen molar-refractivity contribution in [2.75, 3.05) is 7.05 Å². The highest BCUT2D eigenvalue weighted by atomic mass is 19.4. The Hall–Kier alpha value is -1.04. The zero-order chi connectivity index (χ0) is 10.8. The van der Waals surface area contributed by atoms with E-state index in [1.165, 1.54) is 17.9 Å². The van der Waals surface area contributed by atoms with Crippen molar-refractivity contribution in [2.45, 2.75) is 18.6 Å². The van der Waals surface area contributed by atoms with Gasteiger partial charge in [0.1, 0.15) is 0 Å². The van der Waals surface area contributed by atoms with Crippen LogP contribution in [0.4, 0.5) is 13.2 Å². The van der Waals surface area contributed by atoms with Crippen LogP contribution in [0.5, 0.6) is 0 Å². The zero-order valence-corrected chi connectivity index (χ0v) is 7.97. The van der Waals surface area contributed by atoms with Crippen LogP contribution in [-0.4, -0.2) is 23.0 Å². The molecule has 0 saturated carbocycles. The number of hydrogen-bond donors (Lipinski definition) is 1. The summed E-state index contributed by atoms with van der Waals surface area (Å²) in [6.07, 6.45) is -3.57. The quantitative estimate of drug-likeness (QED) is 0.816. The van der Waals surface area contributed by atoms with Gasteiger partial charge in [0.25, 0.3) is 0 Å². The standard InChI is InChI=1S/C8H12F3N3/c1-12-6(5-8(9,10)11)7-3-4-13-14(7)2/h3-4,6,12H,5H2,1-2H3. The number of aromatic nitrogens is 2. The van der Waals surface area contributed by atoms with Gasteiger partial charge in [-0.1, -0.05) is 0 Å². The van der Waals surface area contributed by atoms with Gasteiger partial charge in [0.15, 0.2) is 0 Å². The highest BCUT2D eigenvalue weighted by molar-refractivity contribution is 5.06. The average Bonchev–Trinajstić information content (AvgIpc) is 2.45. The maximum absolute atomic E-state index is 12.1. The number of halogens is 3. The van der Waals surface area contributed by atoms with Crippen LogP contribution in [0.2, 0.25) is 0 Å². The predicted molar refractivity (Wildman–Crippen MR) is 45.7 cm³/mol. The van der Waals surface area contributed by atoms with Crippen molar-refractivity contribution in [3.8, 4) is 0 Å². The molecule has 14 heavy (non-hydrogen) atoms. The number of nitrogens with zero attached hydrogens (tertiary/aromatic N) is 2. The van der Waals surface area contributed by atoms with Gasteiger partial charge in [-0.25, -0.2) is 0 Å². The maximum atomic E-state index is 12.1. The minimum Gasteiger partial charge on any atom is -0.311 e. The Morgan fingerprint density at radius 2 is 2.21 bits per heavy atom. The summed E-state index contributed by atoms with van der Waals surface area (Å²) in [7, 11) is 3.12. The summed E-state index contributed by atoms with van der Waals surface area (Å²) < 4.78 is 37.9. The molecular formula is C8H12F3N3. The molecule has 0 aromatic carbocycles. The van der Waals surface area contributed by atoms with Gasteiger partial charge >= 0.3 is 6.18 Å². The van der Waals surface area contributed by atoms with Crippen molar-refractivity contribution >= 4 is 0 Å². The highest BCUT2D eigenvalue weighted by Crippen LogP contribution is 2.28. The topological polar surface area (TPSA) is 29.9 Å². The zero-order valence-electron chi connectivity index (χ0n) is 7.97. The molecule has 1 atom stereocenters. The molecule has 0 radical (unpaired) electrons. The van der Waals surface area contributed by atoms with Gasteiger partial charge in [-0.3, -0.25) is 4.68 Å². The van der Waals surface area contributed by atoms with E-state index in [0.717, 1.165) is 0 Å². The molecule has 1 unspecified atom stereocenters. The average molecular weight is 207 g/mol. The lowest BCUT2D eigenvalue weighted by atomic mass is 10.1. The van der Waals surface area contributed by atoms with E-state index >= 15 is 0 Å². The van der Waals surface area contributed by atoms with E-state index in [1.807, 2.05) is 0 Å². The summed E-state index contributed by atoms with van der Waals surface area (Å²) in [5, 5.41) is 6.45. The molecule has 0 fully saturated rings. The minimum atomic E-state index is -4.17. The smallest absolute Gasteiger partial charge is 0.311 e. The molecule has 6 heteroatoms. The third-order valence-corrected chi connectivity index (χ3v) is 2.00. The second-order valence-corrected chi connectivity index (χ2v) is 3.04. The molecule has 1 N–H and O–H groups in total. The van der Waals surface area contributed by atoms with Gasteiger partial charge in [-0.05, 0) is 13.1 Å².